The molecule has 0 fully saturated rings. The van der Waals surface area contributed by atoms with Crippen LogP contribution in [0.25, 0.3) is 0 Å². The molecule has 1 unspecified atom stereocenters. The quantitative estimate of drug-likeness (QED) is 0.414. The third-order valence-corrected chi connectivity index (χ3v) is 1.00. The Balaban J connectivity index is 0. The molecule has 6 heteroatoms. The summed E-state index contributed by atoms with van der Waals surface area (Å²) in [5.41, 5.74) is 5.33. The smallest absolute Gasteiger partial charge is 0.402 e. The summed E-state index contributed by atoms with van der Waals surface area (Å²) in [5, 5.41) is 16.6. The second-order valence-corrected chi connectivity index (χ2v) is 2.63. The fraction of sp³-hybridized carbons (Fsp3) is 1.00. The molecule has 4 nitrogen and oxygen atoms in total. The van der Waals surface area contributed by atoms with Gasteiger partial charge in [0.05, 0.1) is 6.23 Å². The number of rotatable bonds is 4. The number of halogens is 1. The maximum atomic E-state index is 8.29. The Labute approximate surface area is 73.3 Å². The minimum atomic E-state index is -1.76. The molecule has 0 saturated heterocycles. The summed E-state index contributed by atoms with van der Waals surface area (Å²) in [6, 6.07) is 0. The van der Waals surface area contributed by atoms with Gasteiger partial charge in [0, 0.05) is 0 Å². The van der Waals surface area contributed by atoms with Gasteiger partial charge in [0.15, 0.2) is 0 Å². The monoisotopic (exact) mass is 183 g/mol. The Bertz CT molecular complexity index is 83.8. The first-order valence-electron chi connectivity index (χ1n) is 3.29. The molecule has 0 spiro atoms. The summed E-state index contributed by atoms with van der Waals surface area (Å²) in [7, 11) is -1.76. The van der Waals surface area contributed by atoms with E-state index in [0.717, 1.165) is 0 Å². The van der Waals surface area contributed by atoms with E-state index in [1.165, 1.54) is 0 Å². The van der Waals surface area contributed by atoms with E-state index < -0.39 is 13.5 Å². The third kappa shape index (κ3) is 10.2. The van der Waals surface area contributed by atoms with Gasteiger partial charge in [0.1, 0.15) is 0 Å². The second-order valence-electron chi connectivity index (χ2n) is 2.63. The van der Waals surface area contributed by atoms with Gasteiger partial charge >= 0.3 is 7.32 Å². The molecule has 0 amide bonds. The van der Waals surface area contributed by atoms with Crippen molar-refractivity contribution in [3.05, 3.63) is 0 Å². The molecule has 0 saturated carbocycles. The molecule has 0 aromatic heterocycles. The molecule has 0 rings (SSSR count). The van der Waals surface area contributed by atoms with Crippen molar-refractivity contribution in [3.63, 3.8) is 0 Å². The zero-order valence-electron chi connectivity index (χ0n) is 6.73. The van der Waals surface area contributed by atoms with E-state index in [-0.39, 0.29) is 12.4 Å². The van der Waals surface area contributed by atoms with Crippen LogP contribution in [0.3, 0.4) is 0 Å². The van der Waals surface area contributed by atoms with Crippen LogP contribution in [0.4, 0.5) is 0 Å². The number of nitrogens with two attached hydrogens (primary N) is 1. The van der Waals surface area contributed by atoms with Crippen LogP contribution in [-0.2, 0) is 4.65 Å². The Morgan fingerprint density at radius 1 is 1.45 bits per heavy atom. The lowest BCUT2D eigenvalue weighted by Crippen LogP contribution is -2.33. The lowest BCUT2D eigenvalue weighted by atomic mass is 10.1. The molecule has 68 valence electrons. The maximum absolute atomic E-state index is 8.29. The molecule has 0 heterocycles. The van der Waals surface area contributed by atoms with Crippen molar-refractivity contribution in [2.45, 2.75) is 26.5 Å². The Kier molecular flexibility index (Phi) is 8.60. The normalized spacial score (nSPS) is 12.5. The molecule has 0 aliphatic rings. The summed E-state index contributed by atoms with van der Waals surface area (Å²) in [4.78, 5) is 0. The second kappa shape index (κ2) is 6.88. The van der Waals surface area contributed by atoms with Crippen LogP contribution in [0.2, 0.25) is 0 Å². The van der Waals surface area contributed by atoms with Crippen LogP contribution >= 0.6 is 12.4 Å². The van der Waals surface area contributed by atoms with Crippen molar-refractivity contribution in [3.8, 4) is 0 Å². The van der Waals surface area contributed by atoms with Gasteiger partial charge in [0.2, 0.25) is 0 Å². The predicted molar refractivity (Wildman–Crippen MR) is 46.0 cm³/mol. The molecule has 0 radical (unpaired) electrons. The summed E-state index contributed by atoms with van der Waals surface area (Å²) in [6.45, 7) is 3.96. The summed E-state index contributed by atoms with van der Waals surface area (Å²) < 4.78 is 4.45. The Morgan fingerprint density at radius 3 is 2.18 bits per heavy atom. The lowest BCUT2D eigenvalue weighted by Gasteiger charge is -2.13. The van der Waals surface area contributed by atoms with Crippen LogP contribution in [0, 0.1) is 5.92 Å². The van der Waals surface area contributed by atoms with Crippen molar-refractivity contribution in [1.29, 1.82) is 0 Å². The first-order valence-corrected chi connectivity index (χ1v) is 3.29. The van der Waals surface area contributed by atoms with Crippen LogP contribution in [0.15, 0.2) is 0 Å². The first-order chi connectivity index (χ1) is 4.52. The SMILES string of the molecule is CC(C)CC(N)OB(O)O.Cl. The average Bonchev–Trinajstić information content (AvgIpc) is 1.58. The van der Waals surface area contributed by atoms with Crippen molar-refractivity contribution in [2.24, 2.45) is 11.7 Å². The number of hydrogen-bond donors (Lipinski definition) is 3. The summed E-state index contributed by atoms with van der Waals surface area (Å²) in [5.74, 6) is 0.397. The molecule has 0 aliphatic carbocycles. The van der Waals surface area contributed by atoms with Gasteiger partial charge in [-0.2, -0.15) is 0 Å². The molecule has 4 N–H and O–H groups in total. The molecule has 0 aromatic rings. The topological polar surface area (TPSA) is 75.7 Å². The van der Waals surface area contributed by atoms with Gasteiger partial charge in [-0.05, 0) is 12.3 Å². The number of hydrogen-bond acceptors (Lipinski definition) is 4. The largest absolute Gasteiger partial charge is 0.635 e. The highest BCUT2D eigenvalue weighted by atomic mass is 35.5. The van der Waals surface area contributed by atoms with Crippen LogP contribution in [0.5, 0.6) is 0 Å². The van der Waals surface area contributed by atoms with Gasteiger partial charge < -0.3 is 20.4 Å². The molecular formula is C5H15BClNO3. The highest BCUT2D eigenvalue weighted by Gasteiger charge is 2.14. The fourth-order valence-electron chi connectivity index (χ4n) is 0.677. The standard InChI is InChI=1S/C5H14BNO3.ClH/c1-4(2)3-5(7)10-6(8)9;/h4-5,8-9H,3,7H2,1-2H3;1H. The van der Waals surface area contributed by atoms with Crippen molar-refractivity contribution in [1.82, 2.24) is 0 Å². The van der Waals surface area contributed by atoms with Crippen molar-refractivity contribution < 1.29 is 14.7 Å². The van der Waals surface area contributed by atoms with Crippen LogP contribution in [-0.4, -0.2) is 23.6 Å². The molecule has 11 heavy (non-hydrogen) atoms. The van der Waals surface area contributed by atoms with Crippen LogP contribution < -0.4 is 5.73 Å². The Hall–Kier alpha value is 0.195. The zero-order valence-corrected chi connectivity index (χ0v) is 7.54. The maximum Gasteiger partial charge on any atom is 0.635 e. The molecule has 0 bridgehead atoms. The predicted octanol–water partition coefficient (Wildman–Crippen LogP) is -0.275. The van der Waals surface area contributed by atoms with Gasteiger partial charge in [-0.1, -0.05) is 13.8 Å². The van der Waals surface area contributed by atoms with Gasteiger partial charge in [-0.3, -0.25) is 0 Å². The van der Waals surface area contributed by atoms with E-state index in [1.54, 1.807) is 0 Å². The molecular weight excluding hydrogens is 168 g/mol. The minimum absolute atomic E-state index is 0. The molecule has 0 aromatic carbocycles. The molecule has 0 aliphatic heterocycles. The van der Waals surface area contributed by atoms with E-state index in [0.29, 0.717) is 12.3 Å². The fourth-order valence-corrected chi connectivity index (χ4v) is 0.677. The summed E-state index contributed by atoms with van der Waals surface area (Å²) in [6.07, 6.45) is 0.0393. The average molecular weight is 183 g/mol. The van der Waals surface area contributed by atoms with Gasteiger partial charge in [-0.25, -0.2) is 0 Å². The van der Waals surface area contributed by atoms with E-state index in [4.69, 9.17) is 15.8 Å². The van der Waals surface area contributed by atoms with E-state index >= 15 is 0 Å². The van der Waals surface area contributed by atoms with E-state index in [2.05, 4.69) is 4.65 Å². The first kappa shape index (κ1) is 13.8. The van der Waals surface area contributed by atoms with Gasteiger partial charge in [-0.15, -0.1) is 12.4 Å². The summed E-state index contributed by atoms with van der Waals surface area (Å²) >= 11 is 0. The van der Waals surface area contributed by atoms with Gasteiger partial charge in [0.25, 0.3) is 0 Å². The lowest BCUT2D eigenvalue weighted by molar-refractivity contribution is 0.107. The highest BCUT2D eigenvalue weighted by Crippen LogP contribution is 2.03. The van der Waals surface area contributed by atoms with Crippen molar-refractivity contribution in [2.75, 3.05) is 0 Å². The third-order valence-electron chi connectivity index (χ3n) is 1.00. The zero-order chi connectivity index (χ0) is 8.15. The Morgan fingerprint density at radius 2 is 1.91 bits per heavy atom. The van der Waals surface area contributed by atoms with E-state index in [1.807, 2.05) is 13.8 Å². The van der Waals surface area contributed by atoms with E-state index in [9.17, 15) is 0 Å². The van der Waals surface area contributed by atoms with Crippen LogP contribution in [0.1, 0.15) is 20.3 Å². The highest BCUT2D eigenvalue weighted by molar-refractivity contribution is 6.32. The van der Waals surface area contributed by atoms with Crippen molar-refractivity contribution >= 4 is 19.7 Å². The molecule has 1 atom stereocenters. The minimum Gasteiger partial charge on any atom is -0.402 e.